The summed E-state index contributed by atoms with van der Waals surface area (Å²) in [5.74, 6) is 0.866. The van der Waals surface area contributed by atoms with Crippen molar-refractivity contribution >= 4 is 23.1 Å². The van der Waals surface area contributed by atoms with Crippen LogP contribution in [0.5, 0.6) is 5.75 Å². The first-order valence-corrected chi connectivity index (χ1v) is 7.84. The van der Waals surface area contributed by atoms with Crippen molar-refractivity contribution in [2.45, 2.75) is 6.42 Å². The predicted octanol–water partition coefficient (Wildman–Crippen LogP) is 1.03. The van der Waals surface area contributed by atoms with Gasteiger partial charge in [0.1, 0.15) is 11.6 Å². The third kappa shape index (κ3) is 3.01. The van der Waals surface area contributed by atoms with Gasteiger partial charge in [-0.25, -0.2) is 0 Å². The number of anilines is 1. The van der Waals surface area contributed by atoms with Crippen molar-refractivity contribution < 1.29 is 14.3 Å². The molecule has 1 aliphatic rings. The SMILES string of the molecule is O=C1COc2cc(C(=O)NCCc3nnc4ccccn34)ccc2N1. The highest BCUT2D eigenvalue weighted by Crippen LogP contribution is 2.28. The van der Waals surface area contributed by atoms with Gasteiger partial charge in [0.15, 0.2) is 12.3 Å². The Labute approximate surface area is 142 Å². The lowest BCUT2D eigenvalue weighted by atomic mass is 10.1. The minimum absolute atomic E-state index is 0.0436. The van der Waals surface area contributed by atoms with Crippen LogP contribution in [-0.2, 0) is 11.2 Å². The molecule has 0 radical (unpaired) electrons. The van der Waals surface area contributed by atoms with Crippen LogP contribution in [0.4, 0.5) is 5.69 Å². The van der Waals surface area contributed by atoms with E-state index in [1.807, 2.05) is 28.8 Å². The normalized spacial score (nSPS) is 13.0. The molecule has 2 amide bonds. The molecule has 0 spiro atoms. The van der Waals surface area contributed by atoms with Crippen molar-refractivity contribution in [2.24, 2.45) is 0 Å². The number of hydrogen-bond donors (Lipinski definition) is 2. The molecule has 8 heteroatoms. The number of rotatable bonds is 4. The van der Waals surface area contributed by atoms with Gasteiger partial charge in [0.25, 0.3) is 11.8 Å². The smallest absolute Gasteiger partial charge is 0.262 e. The highest BCUT2D eigenvalue weighted by atomic mass is 16.5. The third-order valence-corrected chi connectivity index (χ3v) is 3.90. The van der Waals surface area contributed by atoms with Gasteiger partial charge in [-0.2, -0.15) is 0 Å². The fraction of sp³-hybridized carbons (Fsp3) is 0.176. The second kappa shape index (κ2) is 6.23. The van der Waals surface area contributed by atoms with E-state index >= 15 is 0 Å². The average molecular weight is 337 g/mol. The number of amides is 2. The van der Waals surface area contributed by atoms with Crippen molar-refractivity contribution in [2.75, 3.05) is 18.5 Å². The van der Waals surface area contributed by atoms with Crippen LogP contribution in [0.2, 0.25) is 0 Å². The number of carbonyl (C=O) groups excluding carboxylic acids is 2. The van der Waals surface area contributed by atoms with Gasteiger partial charge in [0.2, 0.25) is 0 Å². The van der Waals surface area contributed by atoms with Gasteiger partial charge in [-0.1, -0.05) is 6.07 Å². The van der Waals surface area contributed by atoms with Crippen LogP contribution in [0.25, 0.3) is 5.65 Å². The third-order valence-electron chi connectivity index (χ3n) is 3.90. The number of aromatic nitrogens is 3. The number of carbonyl (C=O) groups is 2. The minimum atomic E-state index is -0.211. The van der Waals surface area contributed by atoms with E-state index < -0.39 is 0 Å². The standard InChI is InChI=1S/C17H15N5O3/c23-16-10-25-13-9-11(4-5-12(13)19-16)17(24)18-7-6-15-21-20-14-3-1-2-8-22(14)15/h1-5,8-9H,6-7,10H2,(H,18,24)(H,19,23). The molecule has 2 N–H and O–H groups in total. The molecule has 0 atom stereocenters. The highest BCUT2D eigenvalue weighted by molar-refractivity contribution is 5.98. The quantitative estimate of drug-likeness (QED) is 0.741. The van der Waals surface area contributed by atoms with Crippen LogP contribution in [0.15, 0.2) is 42.6 Å². The Hall–Kier alpha value is -3.42. The maximum Gasteiger partial charge on any atom is 0.262 e. The number of ether oxygens (including phenoxy) is 1. The topological polar surface area (TPSA) is 97.6 Å². The van der Waals surface area contributed by atoms with Gasteiger partial charge < -0.3 is 15.4 Å². The Kier molecular flexibility index (Phi) is 3.77. The summed E-state index contributed by atoms with van der Waals surface area (Å²) in [5, 5.41) is 13.8. The second-order valence-corrected chi connectivity index (χ2v) is 5.60. The monoisotopic (exact) mass is 337 g/mol. The van der Waals surface area contributed by atoms with E-state index in [1.165, 1.54) is 0 Å². The number of fused-ring (bicyclic) bond motifs is 2. The van der Waals surface area contributed by atoms with E-state index in [2.05, 4.69) is 20.8 Å². The molecule has 25 heavy (non-hydrogen) atoms. The van der Waals surface area contributed by atoms with Crippen LogP contribution in [0, 0.1) is 0 Å². The molecule has 0 saturated carbocycles. The molecule has 0 bridgehead atoms. The van der Waals surface area contributed by atoms with E-state index in [4.69, 9.17) is 4.74 Å². The van der Waals surface area contributed by atoms with Gasteiger partial charge in [0.05, 0.1) is 5.69 Å². The summed E-state index contributed by atoms with van der Waals surface area (Å²) in [6, 6.07) is 10.6. The Morgan fingerprint density at radius 2 is 2.20 bits per heavy atom. The molecule has 1 aliphatic heterocycles. The van der Waals surface area contributed by atoms with E-state index in [0.717, 1.165) is 11.5 Å². The van der Waals surface area contributed by atoms with E-state index in [9.17, 15) is 9.59 Å². The Morgan fingerprint density at radius 1 is 1.28 bits per heavy atom. The lowest BCUT2D eigenvalue weighted by Gasteiger charge is -2.18. The summed E-state index contributed by atoms with van der Waals surface area (Å²) in [6.07, 6.45) is 2.45. The molecule has 3 aromatic rings. The van der Waals surface area contributed by atoms with Gasteiger partial charge in [-0.05, 0) is 30.3 Å². The van der Waals surface area contributed by atoms with E-state index in [0.29, 0.717) is 30.0 Å². The number of hydrogen-bond acceptors (Lipinski definition) is 5. The number of benzene rings is 1. The number of nitrogens with one attached hydrogen (secondary N) is 2. The first kappa shape index (κ1) is 15.1. The van der Waals surface area contributed by atoms with Gasteiger partial charge in [-0.3, -0.25) is 14.0 Å². The molecule has 8 nitrogen and oxygen atoms in total. The highest BCUT2D eigenvalue weighted by Gasteiger charge is 2.17. The summed E-state index contributed by atoms with van der Waals surface area (Å²) >= 11 is 0. The van der Waals surface area contributed by atoms with Crippen LogP contribution in [0.1, 0.15) is 16.2 Å². The zero-order chi connectivity index (χ0) is 17.2. The molecule has 0 saturated heterocycles. The maximum absolute atomic E-state index is 12.3. The van der Waals surface area contributed by atoms with Crippen molar-refractivity contribution in [3.8, 4) is 5.75 Å². The molecule has 0 unspecified atom stereocenters. The molecule has 0 fully saturated rings. The van der Waals surface area contributed by atoms with Gasteiger partial charge in [-0.15, -0.1) is 10.2 Å². The lowest BCUT2D eigenvalue weighted by Crippen LogP contribution is -2.28. The summed E-state index contributed by atoms with van der Waals surface area (Å²) in [7, 11) is 0. The zero-order valence-corrected chi connectivity index (χ0v) is 13.2. The summed E-state index contributed by atoms with van der Waals surface area (Å²) in [4.78, 5) is 23.6. The molecule has 2 aromatic heterocycles. The first-order chi connectivity index (χ1) is 12.2. The minimum Gasteiger partial charge on any atom is -0.482 e. The molecule has 0 aliphatic carbocycles. The lowest BCUT2D eigenvalue weighted by molar-refractivity contribution is -0.118. The predicted molar refractivity (Wildman–Crippen MR) is 89.6 cm³/mol. The van der Waals surface area contributed by atoms with Crippen molar-refractivity contribution in [3.63, 3.8) is 0 Å². The van der Waals surface area contributed by atoms with E-state index in [1.54, 1.807) is 18.2 Å². The second-order valence-electron chi connectivity index (χ2n) is 5.60. The van der Waals surface area contributed by atoms with Gasteiger partial charge >= 0.3 is 0 Å². The van der Waals surface area contributed by atoms with Crippen molar-refractivity contribution in [1.29, 1.82) is 0 Å². The summed E-state index contributed by atoms with van der Waals surface area (Å²) in [5.41, 5.74) is 1.82. The largest absolute Gasteiger partial charge is 0.482 e. The summed E-state index contributed by atoms with van der Waals surface area (Å²) < 4.78 is 7.21. The van der Waals surface area contributed by atoms with Crippen molar-refractivity contribution in [3.05, 3.63) is 54.0 Å². The van der Waals surface area contributed by atoms with Gasteiger partial charge in [0, 0.05) is 24.7 Å². The Balaban J connectivity index is 1.40. The van der Waals surface area contributed by atoms with Crippen LogP contribution in [-0.4, -0.2) is 39.6 Å². The van der Waals surface area contributed by atoms with Crippen LogP contribution >= 0.6 is 0 Å². The molecule has 3 heterocycles. The first-order valence-electron chi connectivity index (χ1n) is 7.84. The van der Waals surface area contributed by atoms with Crippen LogP contribution in [0.3, 0.4) is 0 Å². The molecular weight excluding hydrogens is 322 g/mol. The van der Waals surface area contributed by atoms with E-state index in [-0.39, 0.29) is 18.4 Å². The van der Waals surface area contributed by atoms with Crippen LogP contribution < -0.4 is 15.4 Å². The molecule has 126 valence electrons. The fourth-order valence-electron chi connectivity index (χ4n) is 2.67. The average Bonchev–Trinajstić information content (AvgIpc) is 3.04. The molecular formula is C17H15N5O3. The Morgan fingerprint density at radius 3 is 3.12 bits per heavy atom. The maximum atomic E-state index is 12.3. The molecule has 4 rings (SSSR count). The Bertz CT molecular complexity index is 966. The number of pyridine rings is 1. The zero-order valence-electron chi connectivity index (χ0n) is 13.2. The number of nitrogens with zero attached hydrogens (tertiary/aromatic N) is 3. The summed E-state index contributed by atoms with van der Waals surface area (Å²) in [6.45, 7) is 0.390. The van der Waals surface area contributed by atoms with Crippen molar-refractivity contribution in [1.82, 2.24) is 19.9 Å². The fourth-order valence-corrected chi connectivity index (χ4v) is 2.67. The molecule has 1 aromatic carbocycles.